The molecule has 2 aromatic carbocycles. The molecule has 0 atom stereocenters. The molecule has 122 valence electrons. The molecule has 0 unspecified atom stereocenters. The summed E-state index contributed by atoms with van der Waals surface area (Å²) in [6.07, 6.45) is 7.19. The molecule has 0 bridgehead atoms. The third kappa shape index (κ3) is 1.98. The first-order valence-corrected chi connectivity index (χ1v) is 9.24. The first-order valence-electron chi connectivity index (χ1n) is 9.24. The molecule has 1 N–H and O–H groups in total. The van der Waals surface area contributed by atoms with Crippen molar-refractivity contribution in [3.05, 3.63) is 62.7 Å². The SMILES string of the molecule is CC1(C)c2cc3c(cc2C=c2cc4c(cc21)=NCCC4)CCCN3. The van der Waals surface area contributed by atoms with Crippen LogP contribution in [-0.2, 0) is 18.3 Å². The molecule has 3 aliphatic rings. The second-order valence-electron chi connectivity index (χ2n) is 7.95. The number of benzene rings is 2. The minimum absolute atomic E-state index is 0.0234. The number of hydrogen-bond donors (Lipinski definition) is 1. The van der Waals surface area contributed by atoms with Crippen molar-refractivity contribution in [2.24, 2.45) is 4.99 Å². The lowest BCUT2D eigenvalue weighted by Crippen LogP contribution is -2.35. The van der Waals surface area contributed by atoms with Crippen molar-refractivity contribution >= 4 is 11.8 Å². The number of anilines is 1. The normalized spacial score (nSPS) is 19.6. The maximum Gasteiger partial charge on any atom is 0.0609 e. The minimum atomic E-state index is 0.0234. The van der Waals surface area contributed by atoms with Gasteiger partial charge in [0.2, 0.25) is 0 Å². The average molecular weight is 316 g/mol. The van der Waals surface area contributed by atoms with Crippen molar-refractivity contribution in [2.75, 3.05) is 18.4 Å². The summed E-state index contributed by atoms with van der Waals surface area (Å²) in [6, 6.07) is 9.58. The van der Waals surface area contributed by atoms with Gasteiger partial charge in [0.1, 0.15) is 0 Å². The molecule has 2 heterocycles. The Labute approximate surface area is 143 Å². The fraction of sp³-hybridized carbons (Fsp3) is 0.409. The van der Waals surface area contributed by atoms with Crippen LogP contribution in [0.2, 0.25) is 0 Å². The molecule has 0 fully saturated rings. The molecule has 0 saturated heterocycles. The van der Waals surface area contributed by atoms with E-state index in [0.29, 0.717) is 0 Å². The zero-order valence-electron chi connectivity index (χ0n) is 14.6. The molecule has 2 heteroatoms. The van der Waals surface area contributed by atoms with Gasteiger partial charge in [0.25, 0.3) is 0 Å². The third-order valence-corrected chi connectivity index (χ3v) is 6.01. The lowest BCUT2D eigenvalue weighted by atomic mass is 9.71. The Morgan fingerprint density at radius 3 is 2.75 bits per heavy atom. The number of nitrogens with zero attached hydrogens (tertiary/aromatic N) is 1. The van der Waals surface area contributed by atoms with Crippen molar-refractivity contribution in [1.29, 1.82) is 0 Å². The first kappa shape index (κ1) is 14.3. The molecular weight excluding hydrogens is 292 g/mol. The van der Waals surface area contributed by atoms with Gasteiger partial charge >= 0.3 is 0 Å². The Hall–Kier alpha value is -2.09. The molecule has 0 spiro atoms. The van der Waals surface area contributed by atoms with Gasteiger partial charge in [-0.1, -0.05) is 13.8 Å². The van der Waals surface area contributed by atoms with Gasteiger partial charge in [-0.3, -0.25) is 4.99 Å². The molecule has 2 aliphatic heterocycles. The quantitative estimate of drug-likeness (QED) is 0.793. The van der Waals surface area contributed by atoms with E-state index in [1.807, 2.05) is 0 Å². The van der Waals surface area contributed by atoms with Crippen molar-refractivity contribution in [2.45, 2.75) is 44.9 Å². The van der Waals surface area contributed by atoms with Gasteiger partial charge in [-0.05, 0) is 89.1 Å². The van der Waals surface area contributed by atoms with Gasteiger partial charge in [-0.25, -0.2) is 0 Å². The summed E-state index contributed by atoms with van der Waals surface area (Å²) in [6.45, 7) is 6.80. The Morgan fingerprint density at radius 1 is 0.958 bits per heavy atom. The van der Waals surface area contributed by atoms with Gasteiger partial charge in [0.15, 0.2) is 0 Å². The van der Waals surface area contributed by atoms with Crippen LogP contribution in [0.1, 0.15) is 54.5 Å². The standard InChI is InChI=1S/C22H24N2/c1-22(2)18-12-20-14(5-3-7-23-20)9-16(18)11-17-10-15-6-4-8-24-21(15)13-19(17)22/h9-13,23H,3-8H2,1-2H3. The van der Waals surface area contributed by atoms with Crippen LogP contribution in [0, 0.1) is 0 Å². The Bertz CT molecular complexity index is 966. The zero-order valence-corrected chi connectivity index (χ0v) is 14.6. The number of nitrogens with one attached hydrogen (secondary N) is 1. The highest BCUT2D eigenvalue weighted by Crippen LogP contribution is 2.38. The van der Waals surface area contributed by atoms with Crippen LogP contribution in [0.3, 0.4) is 0 Å². The summed E-state index contributed by atoms with van der Waals surface area (Å²) < 4.78 is 0. The van der Waals surface area contributed by atoms with Gasteiger partial charge in [0, 0.05) is 24.2 Å². The molecular formula is C22H24N2. The van der Waals surface area contributed by atoms with E-state index in [-0.39, 0.29) is 5.41 Å². The molecule has 2 aromatic rings. The Kier molecular flexibility index (Phi) is 2.94. The summed E-state index contributed by atoms with van der Waals surface area (Å²) in [5.74, 6) is 0. The summed E-state index contributed by atoms with van der Waals surface area (Å²) in [5, 5.41) is 6.21. The van der Waals surface area contributed by atoms with Crippen LogP contribution < -0.4 is 15.9 Å². The largest absolute Gasteiger partial charge is 0.385 e. The Morgan fingerprint density at radius 2 is 1.83 bits per heavy atom. The predicted octanol–water partition coefficient (Wildman–Crippen LogP) is 3.08. The number of aryl methyl sites for hydroxylation is 2. The molecule has 0 saturated carbocycles. The van der Waals surface area contributed by atoms with Crippen LogP contribution in [-0.4, -0.2) is 13.1 Å². The highest BCUT2D eigenvalue weighted by Gasteiger charge is 2.31. The van der Waals surface area contributed by atoms with E-state index in [4.69, 9.17) is 4.99 Å². The van der Waals surface area contributed by atoms with E-state index in [0.717, 1.165) is 13.1 Å². The van der Waals surface area contributed by atoms with Crippen molar-refractivity contribution in [3.8, 4) is 0 Å². The van der Waals surface area contributed by atoms with E-state index in [1.165, 1.54) is 69.8 Å². The van der Waals surface area contributed by atoms with Gasteiger partial charge in [-0.2, -0.15) is 0 Å². The molecule has 5 rings (SSSR count). The van der Waals surface area contributed by atoms with E-state index in [9.17, 15) is 0 Å². The predicted molar refractivity (Wildman–Crippen MR) is 99.4 cm³/mol. The van der Waals surface area contributed by atoms with Gasteiger partial charge in [0.05, 0.1) is 5.36 Å². The highest BCUT2D eigenvalue weighted by atomic mass is 14.9. The number of fused-ring (bicyclic) bond motifs is 4. The van der Waals surface area contributed by atoms with Crippen LogP contribution >= 0.6 is 0 Å². The Balaban J connectivity index is 1.80. The van der Waals surface area contributed by atoms with Gasteiger partial charge in [-0.15, -0.1) is 0 Å². The molecule has 1 aliphatic carbocycles. The summed E-state index contributed by atoms with van der Waals surface area (Å²) in [7, 11) is 0. The van der Waals surface area contributed by atoms with Crippen molar-refractivity contribution in [3.63, 3.8) is 0 Å². The molecule has 0 aromatic heterocycles. The monoisotopic (exact) mass is 316 g/mol. The van der Waals surface area contributed by atoms with E-state index in [2.05, 4.69) is 49.5 Å². The van der Waals surface area contributed by atoms with Gasteiger partial charge < -0.3 is 5.32 Å². The van der Waals surface area contributed by atoms with Crippen LogP contribution in [0.4, 0.5) is 5.69 Å². The molecule has 0 radical (unpaired) electrons. The molecule has 24 heavy (non-hydrogen) atoms. The van der Waals surface area contributed by atoms with Crippen LogP contribution in [0.25, 0.3) is 6.08 Å². The molecule has 2 nitrogen and oxygen atoms in total. The lowest BCUT2D eigenvalue weighted by molar-refractivity contribution is 0.624. The summed E-state index contributed by atoms with van der Waals surface area (Å²) >= 11 is 0. The summed E-state index contributed by atoms with van der Waals surface area (Å²) in [4.78, 5) is 4.77. The minimum Gasteiger partial charge on any atom is -0.385 e. The number of hydrogen-bond acceptors (Lipinski definition) is 2. The zero-order chi connectivity index (χ0) is 16.3. The maximum atomic E-state index is 4.77. The van der Waals surface area contributed by atoms with E-state index < -0.39 is 0 Å². The van der Waals surface area contributed by atoms with E-state index >= 15 is 0 Å². The maximum absolute atomic E-state index is 4.77. The smallest absolute Gasteiger partial charge is 0.0609 e. The van der Waals surface area contributed by atoms with Crippen molar-refractivity contribution < 1.29 is 0 Å². The van der Waals surface area contributed by atoms with Crippen LogP contribution in [0.15, 0.2) is 29.3 Å². The van der Waals surface area contributed by atoms with E-state index in [1.54, 1.807) is 0 Å². The second-order valence-corrected chi connectivity index (χ2v) is 7.95. The highest BCUT2D eigenvalue weighted by molar-refractivity contribution is 5.70. The third-order valence-electron chi connectivity index (χ3n) is 6.01. The average Bonchev–Trinajstić information content (AvgIpc) is 2.59. The van der Waals surface area contributed by atoms with Crippen molar-refractivity contribution in [1.82, 2.24) is 0 Å². The fourth-order valence-corrected chi connectivity index (χ4v) is 4.64. The van der Waals surface area contributed by atoms with Crippen LogP contribution in [0.5, 0.6) is 0 Å². The fourth-order valence-electron chi connectivity index (χ4n) is 4.64. The first-order chi connectivity index (χ1) is 11.6. The number of rotatable bonds is 0. The topological polar surface area (TPSA) is 24.4 Å². The summed E-state index contributed by atoms with van der Waals surface area (Å²) in [5.41, 5.74) is 8.54. The molecule has 0 amide bonds. The lowest BCUT2D eigenvalue weighted by Gasteiger charge is -2.34. The second kappa shape index (κ2) is 4.95.